The number of ether oxygens (including phenoxy) is 1. The van der Waals surface area contributed by atoms with Crippen LogP contribution < -0.4 is 5.32 Å². The molecule has 2 atom stereocenters. The largest absolute Gasteiger partial charge is 0.380 e. The lowest BCUT2D eigenvalue weighted by Crippen LogP contribution is -2.40. The van der Waals surface area contributed by atoms with Gasteiger partial charge in [0.15, 0.2) is 0 Å². The van der Waals surface area contributed by atoms with Gasteiger partial charge in [-0.05, 0) is 19.9 Å². The summed E-state index contributed by atoms with van der Waals surface area (Å²) in [4.78, 5) is 0. The molecule has 0 saturated heterocycles. The van der Waals surface area contributed by atoms with Gasteiger partial charge in [0.05, 0.1) is 11.9 Å². The molecule has 4 nitrogen and oxygen atoms in total. The summed E-state index contributed by atoms with van der Waals surface area (Å²) in [5.74, 6) is 0.207. The molecule has 14 heavy (non-hydrogen) atoms. The lowest BCUT2D eigenvalue weighted by molar-refractivity contribution is 0.0826. The van der Waals surface area contributed by atoms with Crippen molar-refractivity contribution in [2.24, 2.45) is 0 Å². The van der Waals surface area contributed by atoms with Crippen molar-refractivity contribution < 1.29 is 13.2 Å². The number of nitrogens with one attached hydrogen (secondary N) is 1. The molecule has 0 saturated carbocycles. The molecule has 0 rings (SSSR count). The number of sulfone groups is 1. The predicted molar refractivity (Wildman–Crippen MR) is 58.3 cm³/mol. The normalized spacial score (nSPS) is 16.6. The maximum Gasteiger partial charge on any atom is 0.147 e. The van der Waals surface area contributed by atoms with E-state index in [2.05, 4.69) is 5.32 Å². The van der Waals surface area contributed by atoms with E-state index in [0.29, 0.717) is 6.42 Å². The Balaban J connectivity index is 4.09. The van der Waals surface area contributed by atoms with Crippen LogP contribution in [-0.2, 0) is 14.6 Å². The highest BCUT2D eigenvalue weighted by Crippen LogP contribution is 2.04. The van der Waals surface area contributed by atoms with Crippen molar-refractivity contribution in [2.45, 2.75) is 32.4 Å². The summed E-state index contributed by atoms with van der Waals surface area (Å²) in [6.07, 6.45) is 1.89. The van der Waals surface area contributed by atoms with E-state index in [1.165, 1.54) is 6.26 Å². The number of methoxy groups -OCH3 is 1. The van der Waals surface area contributed by atoms with Gasteiger partial charge in [0.2, 0.25) is 0 Å². The standard InChI is InChI=1S/C9H21NO3S/c1-5-10-9(8(2)13-3)6-7-14(4,11)12/h8-10H,5-7H2,1-4H3. The van der Waals surface area contributed by atoms with Crippen LogP contribution in [-0.4, -0.2) is 46.2 Å². The average molecular weight is 223 g/mol. The smallest absolute Gasteiger partial charge is 0.147 e. The zero-order valence-electron chi connectivity index (χ0n) is 9.41. The number of hydrogen-bond donors (Lipinski definition) is 1. The molecule has 0 spiro atoms. The van der Waals surface area contributed by atoms with E-state index in [9.17, 15) is 8.42 Å². The van der Waals surface area contributed by atoms with Crippen molar-refractivity contribution in [3.8, 4) is 0 Å². The zero-order chi connectivity index (χ0) is 11.2. The molecule has 0 aliphatic carbocycles. The van der Waals surface area contributed by atoms with Gasteiger partial charge in [-0.15, -0.1) is 0 Å². The van der Waals surface area contributed by atoms with Crippen LogP contribution in [0.4, 0.5) is 0 Å². The number of hydrogen-bond acceptors (Lipinski definition) is 4. The molecule has 86 valence electrons. The summed E-state index contributed by atoms with van der Waals surface area (Å²) in [7, 11) is -1.24. The Kier molecular flexibility index (Phi) is 6.31. The second-order valence-corrected chi connectivity index (χ2v) is 5.78. The van der Waals surface area contributed by atoms with Crippen LogP contribution in [0, 0.1) is 0 Å². The fourth-order valence-electron chi connectivity index (χ4n) is 1.27. The first-order chi connectivity index (χ1) is 6.40. The first-order valence-electron chi connectivity index (χ1n) is 4.84. The molecular weight excluding hydrogens is 202 g/mol. The fourth-order valence-corrected chi connectivity index (χ4v) is 1.95. The monoisotopic (exact) mass is 223 g/mol. The van der Waals surface area contributed by atoms with E-state index >= 15 is 0 Å². The Morgan fingerprint density at radius 2 is 2.00 bits per heavy atom. The highest BCUT2D eigenvalue weighted by molar-refractivity contribution is 7.90. The van der Waals surface area contributed by atoms with Crippen LogP contribution in [0.1, 0.15) is 20.3 Å². The first kappa shape index (κ1) is 13.9. The molecule has 0 aliphatic rings. The minimum atomic E-state index is -2.87. The van der Waals surface area contributed by atoms with Gasteiger partial charge in [0.1, 0.15) is 9.84 Å². The summed E-state index contributed by atoms with van der Waals surface area (Å²) in [6, 6.07) is 0.111. The van der Waals surface area contributed by atoms with Crippen molar-refractivity contribution in [3.05, 3.63) is 0 Å². The Hall–Kier alpha value is -0.130. The van der Waals surface area contributed by atoms with Crippen LogP contribution >= 0.6 is 0 Å². The van der Waals surface area contributed by atoms with Crippen LogP contribution in [0.3, 0.4) is 0 Å². The van der Waals surface area contributed by atoms with Crippen molar-refractivity contribution in [3.63, 3.8) is 0 Å². The maximum absolute atomic E-state index is 11.0. The van der Waals surface area contributed by atoms with Gasteiger partial charge in [-0.2, -0.15) is 0 Å². The Bertz CT molecular complexity index is 238. The molecule has 5 heteroatoms. The molecule has 0 amide bonds. The molecule has 1 N–H and O–H groups in total. The van der Waals surface area contributed by atoms with E-state index in [-0.39, 0.29) is 17.9 Å². The van der Waals surface area contributed by atoms with Gasteiger partial charge < -0.3 is 10.1 Å². The van der Waals surface area contributed by atoms with Gasteiger partial charge in [0.25, 0.3) is 0 Å². The topological polar surface area (TPSA) is 55.4 Å². The zero-order valence-corrected chi connectivity index (χ0v) is 10.2. The summed E-state index contributed by atoms with van der Waals surface area (Å²) >= 11 is 0. The SMILES string of the molecule is CCNC(CCS(C)(=O)=O)C(C)OC. The van der Waals surface area contributed by atoms with Gasteiger partial charge in [-0.3, -0.25) is 0 Å². The predicted octanol–water partition coefficient (Wildman–Crippen LogP) is 0.434. The summed E-state index contributed by atoms with van der Waals surface area (Å²) in [5, 5.41) is 3.22. The number of likely N-dealkylation sites (N-methyl/N-ethyl adjacent to an activating group) is 1. The summed E-state index contributed by atoms with van der Waals surface area (Å²) < 4.78 is 27.1. The molecule has 0 fully saturated rings. The molecule has 0 aromatic carbocycles. The van der Waals surface area contributed by atoms with Crippen molar-refractivity contribution in [1.29, 1.82) is 0 Å². The van der Waals surface area contributed by atoms with E-state index in [4.69, 9.17) is 4.74 Å². The third-order valence-electron chi connectivity index (χ3n) is 2.20. The van der Waals surface area contributed by atoms with Gasteiger partial charge in [0, 0.05) is 19.4 Å². The van der Waals surface area contributed by atoms with E-state index < -0.39 is 9.84 Å². The Labute approximate surface area is 86.9 Å². The quantitative estimate of drug-likeness (QED) is 0.680. The Morgan fingerprint density at radius 1 is 1.43 bits per heavy atom. The molecule has 0 heterocycles. The summed E-state index contributed by atoms with van der Waals surface area (Å²) in [5.41, 5.74) is 0. The molecule has 0 radical (unpaired) electrons. The molecule has 0 aromatic rings. The van der Waals surface area contributed by atoms with E-state index in [1.54, 1.807) is 7.11 Å². The molecule has 0 aromatic heterocycles. The maximum atomic E-state index is 11.0. The van der Waals surface area contributed by atoms with Crippen LogP contribution in [0.2, 0.25) is 0 Å². The fraction of sp³-hybridized carbons (Fsp3) is 1.00. The Morgan fingerprint density at radius 3 is 2.36 bits per heavy atom. The average Bonchev–Trinajstić information content (AvgIpc) is 2.09. The third kappa shape index (κ3) is 6.34. The molecule has 0 bridgehead atoms. The molecule has 2 unspecified atom stereocenters. The minimum Gasteiger partial charge on any atom is -0.380 e. The van der Waals surface area contributed by atoms with Crippen LogP contribution in [0.15, 0.2) is 0 Å². The van der Waals surface area contributed by atoms with Crippen molar-refractivity contribution in [2.75, 3.05) is 25.7 Å². The van der Waals surface area contributed by atoms with E-state index in [1.807, 2.05) is 13.8 Å². The van der Waals surface area contributed by atoms with Crippen molar-refractivity contribution in [1.82, 2.24) is 5.32 Å². The third-order valence-corrected chi connectivity index (χ3v) is 3.18. The second-order valence-electron chi connectivity index (χ2n) is 3.52. The minimum absolute atomic E-state index is 0.0386. The van der Waals surface area contributed by atoms with Gasteiger partial charge in [-0.25, -0.2) is 8.42 Å². The van der Waals surface area contributed by atoms with Crippen LogP contribution in [0.25, 0.3) is 0 Å². The first-order valence-corrected chi connectivity index (χ1v) is 6.90. The van der Waals surface area contributed by atoms with E-state index in [0.717, 1.165) is 6.54 Å². The number of rotatable bonds is 7. The summed E-state index contributed by atoms with van der Waals surface area (Å²) in [6.45, 7) is 4.76. The highest BCUT2D eigenvalue weighted by atomic mass is 32.2. The van der Waals surface area contributed by atoms with Crippen LogP contribution in [0.5, 0.6) is 0 Å². The van der Waals surface area contributed by atoms with Crippen molar-refractivity contribution >= 4 is 9.84 Å². The lowest BCUT2D eigenvalue weighted by Gasteiger charge is -2.23. The van der Waals surface area contributed by atoms with Gasteiger partial charge >= 0.3 is 0 Å². The van der Waals surface area contributed by atoms with Gasteiger partial charge in [-0.1, -0.05) is 6.92 Å². The molecular formula is C9H21NO3S. The lowest BCUT2D eigenvalue weighted by atomic mass is 10.1. The second kappa shape index (κ2) is 6.37. The highest BCUT2D eigenvalue weighted by Gasteiger charge is 2.17. The molecule has 0 aliphatic heterocycles.